The maximum atomic E-state index is 9.63. The molecule has 1 atom stereocenters. The number of benzene rings is 1. The Hall–Kier alpha value is -1.72. The van der Waals surface area contributed by atoms with Crippen LogP contribution >= 0.6 is 0 Å². The Morgan fingerprint density at radius 3 is 2.57 bits per heavy atom. The molecule has 1 heterocycles. The van der Waals surface area contributed by atoms with E-state index < -0.39 is 0 Å². The SMILES string of the molecule is Cc1ccccc1Cc1nc(CN(C)C(CO)C(C)(C)C)no1. The third-order valence-electron chi connectivity index (χ3n) is 4.21. The Bertz CT molecular complexity index is 631. The average molecular weight is 317 g/mol. The lowest BCUT2D eigenvalue weighted by Crippen LogP contribution is -2.44. The number of rotatable bonds is 6. The first kappa shape index (κ1) is 17.6. The van der Waals surface area contributed by atoms with Gasteiger partial charge in [-0.1, -0.05) is 50.2 Å². The van der Waals surface area contributed by atoms with Gasteiger partial charge in [0.25, 0.3) is 0 Å². The van der Waals surface area contributed by atoms with Crippen LogP contribution in [0, 0.1) is 12.3 Å². The lowest BCUT2D eigenvalue weighted by molar-refractivity contribution is 0.0593. The molecule has 0 saturated carbocycles. The second-order valence-electron chi connectivity index (χ2n) is 7.19. The highest BCUT2D eigenvalue weighted by Gasteiger charge is 2.28. The fourth-order valence-corrected chi connectivity index (χ4v) is 2.81. The number of likely N-dealkylation sites (N-methyl/N-ethyl adjacent to an activating group) is 1. The predicted octanol–water partition coefficient (Wildman–Crippen LogP) is 2.81. The molecule has 1 N–H and O–H groups in total. The van der Waals surface area contributed by atoms with Gasteiger partial charge in [0, 0.05) is 6.04 Å². The van der Waals surface area contributed by atoms with E-state index in [9.17, 15) is 5.11 Å². The predicted molar refractivity (Wildman–Crippen MR) is 90.1 cm³/mol. The van der Waals surface area contributed by atoms with Gasteiger partial charge in [0.1, 0.15) is 0 Å². The molecule has 0 aliphatic rings. The van der Waals surface area contributed by atoms with E-state index in [1.165, 1.54) is 11.1 Å². The Balaban J connectivity index is 2.03. The van der Waals surface area contributed by atoms with Crippen LogP contribution in [0.5, 0.6) is 0 Å². The van der Waals surface area contributed by atoms with Crippen LogP contribution < -0.4 is 0 Å². The Morgan fingerprint density at radius 1 is 1.26 bits per heavy atom. The molecule has 0 amide bonds. The monoisotopic (exact) mass is 317 g/mol. The molecular formula is C18H27N3O2. The van der Waals surface area contributed by atoms with Crippen LogP contribution in [0.25, 0.3) is 0 Å². The number of aromatic nitrogens is 2. The van der Waals surface area contributed by atoms with Gasteiger partial charge in [-0.3, -0.25) is 4.90 Å². The molecule has 0 spiro atoms. The smallest absolute Gasteiger partial charge is 0.231 e. The molecule has 1 aromatic heterocycles. The van der Waals surface area contributed by atoms with Crippen molar-refractivity contribution in [2.45, 2.75) is 46.7 Å². The van der Waals surface area contributed by atoms with Crippen molar-refractivity contribution in [3.63, 3.8) is 0 Å². The lowest BCUT2D eigenvalue weighted by Gasteiger charge is -2.36. The molecule has 0 aliphatic heterocycles. The summed E-state index contributed by atoms with van der Waals surface area (Å²) in [5, 5.41) is 13.7. The van der Waals surface area contributed by atoms with Crippen molar-refractivity contribution >= 4 is 0 Å². The van der Waals surface area contributed by atoms with E-state index >= 15 is 0 Å². The van der Waals surface area contributed by atoms with Crippen molar-refractivity contribution in [3.8, 4) is 0 Å². The van der Waals surface area contributed by atoms with Crippen molar-refractivity contribution in [2.75, 3.05) is 13.7 Å². The number of nitrogens with zero attached hydrogens (tertiary/aromatic N) is 3. The molecule has 5 heteroatoms. The van der Waals surface area contributed by atoms with Gasteiger partial charge in [-0.15, -0.1) is 0 Å². The van der Waals surface area contributed by atoms with Gasteiger partial charge in [0.05, 0.1) is 19.6 Å². The second-order valence-corrected chi connectivity index (χ2v) is 7.19. The summed E-state index contributed by atoms with van der Waals surface area (Å²) in [4.78, 5) is 6.56. The second kappa shape index (κ2) is 7.23. The molecule has 0 saturated heterocycles. The summed E-state index contributed by atoms with van der Waals surface area (Å²) in [5.74, 6) is 1.28. The molecule has 2 aromatic rings. The van der Waals surface area contributed by atoms with Crippen LogP contribution in [0.4, 0.5) is 0 Å². The van der Waals surface area contributed by atoms with Gasteiger partial charge < -0.3 is 9.63 Å². The van der Waals surface area contributed by atoms with Crippen molar-refractivity contribution in [3.05, 3.63) is 47.1 Å². The molecule has 2 rings (SSSR count). The van der Waals surface area contributed by atoms with Crippen LogP contribution in [0.3, 0.4) is 0 Å². The molecular weight excluding hydrogens is 290 g/mol. The van der Waals surface area contributed by atoms with Crippen molar-refractivity contribution in [1.82, 2.24) is 15.0 Å². The van der Waals surface area contributed by atoms with Crippen LogP contribution in [-0.2, 0) is 13.0 Å². The fourth-order valence-electron chi connectivity index (χ4n) is 2.81. The Labute approximate surface area is 138 Å². The molecule has 0 bridgehead atoms. The minimum atomic E-state index is -0.0167. The van der Waals surface area contributed by atoms with Gasteiger partial charge >= 0.3 is 0 Å². The van der Waals surface area contributed by atoms with E-state index in [0.29, 0.717) is 24.7 Å². The van der Waals surface area contributed by atoms with E-state index in [2.05, 4.69) is 54.9 Å². The molecule has 0 fully saturated rings. The van der Waals surface area contributed by atoms with Crippen molar-refractivity contribution < 1.29 is 9.63 Å². The van der Waals surface area contributed by atoms with Gasteiger partial charge in [-0.25, -0.2) is 0 Å². The third-order valence-corrected chi connectivity index (χ3v) is 4.21. The van der Waals surface area contributed by atoms with Crippen LogP contribution in [0.15, 0.2) is 28.8 Å². The minimum absolute atomic E-state index is 0.0167. The summed E-state index contributed by atoms with van der Waals surface area (Å²) in [6.45, 7) is 9.09. The zero-order chi connectivity index (χ0) is 17.0. The van der Waals surface area contributed by atoms with Crippen LogP contribution in [0.1, 0.15) is 43.6 Å². The zero-order valence-electron chi connectivity index (χ0n) is 14.7. The maximum absolute atomic E-state index is 9.63. The molecule has 5 nitrogen and oxygen atoms in total. The summed E-state index contributed by atoms with van der Waals surface area (Å²) < 4.78 is 5.37. The van der Waals surface area contributed by atoms with E-state index in [-0.39, 0.29) is 18.1 Å². The standard InChI is InChI=1S/C18H27N3O2/c1-13-8-6-7-9-14(13)10-17-19-16(20-23-17)11-21(5)15(12-22)18(2,3)4/h6-9,15,22H,10-12H2,1-5H3. The van der Waals surface area contributed by atoms with Crippen LogP contribution in [-0.4, -0.2) is 39.8 Å². The minimum Gasteiger partial charge on any atom is -0.395 e. The molecule has 1 aromatic carbocycles. The van der Waals surface area contributed by atoms with Gasteiger partial charge in [-0.2, -0.15) is 4.98 Å². The Kier molecular flexibility index (Phi) is 5.55. The molecule has 0 aliphatic carbocycles. The van der Waals surface area contributed by atoms with Gasteiger partial charge in [-0.05, 0) is 30.5 Å². The number of hydrogen-bond acceptors (Lipinski definition) is 5. The highest BCUT2D eigenvalue weighted by Crippen LogP contribution is 2.24. The van der Waals surface area contributed by atoms with Crippen molar-refractivity contribution in [2.24, 2.45) is 5.41 Å². The third kappa shape index (κ3) is 4.62. The molecule has 23 heavy (non-hydrogen) atoms. The highest BCUT2D eigenvalue weighted by atomic mass is 16.5. The molecule has 1 unspecified atom stereocenters. The Morgan fingerprint density at radius 2 is 1.96 bits per heavy atom. The van der Waals surface area contributed by atoms with E-state index in [0.717, 1.165) is 0 Å². The van der Waals surface area contributed by atoms with Gasteiger partial charge in [0.15, 0.2) is 5.82 Å². The summed E-state index contributed by atoms with van der Waals surface area (Å²) in [5.41, 5.74) is 2.40. The first-order valence-electron chi connectivity index (χ1n) is 7.98. The first-order valence-corrected chi connectivity index (χ1v) is 7.98. The molecule has 126 valence electrons. The van der Waals surface area contributed by atoms with E-state index in [4.69, 9.17) is 4.52 Å². The number of aliphatic hydroxyl groups is 1. The average Bonchev–Trinajstić information content (AvgIpc) is 2.87. The van der Waals surface area contributed by atoms with Crippen LogP contribution in [0.2, 0.25) is 0 Å². The fraction of sp³-hybridized carbons (Fsp3) is 0.556. The van der Waals surface area contributed by atoms with Crippen molar-refractivity contribution in [1.29, 1.82) is 0 Å². The maximum Gasteiger partial charge on any atom is 0.231 e. The lowest BCUT2D eigenvalue weighted by atomic mass is 9.86. The number of aryl methyl sites for hydroxylation is 1. The van der Waals surface area contributed by atoms with E-state index in [1.54, 1.807) is 0 Å². The summed E-state index contributed by atoms with van der Waals surface area (Å²) in [7, 11) is 1.98. The highest BCUT2D eigenvalue weighted by molar-refractivity contribution is 5.27. The van der Waals surface area contributed by atoms with E-state index in [1.807, 2.05) is 19.2 Å². The zero-order valence-corrected chi connectivity index (χ0v) is 14.7. The normalized spacial score (nSPS) is 13.5. The first-order chi connectivity index (χ1) is 10.8. The van der Waals surface area contributed by atoms with Gasteiger partial charge in [0.2, 0.25) is 5.89 Å². The summed E-state index contributed by atoms with van der Waals surface area (Å²) in [6, 6.07) is 8.24. The number of aliphatic hydroxyl groups excluding tert-OH is 1. The topological polar surface area (TPSA) is 62.4 Å². The summed E-state index contributed by atoms with van der Waals surface area (Å²) in [6.07, 6.45) is 0.645. The molecule has 0 radical (unpaired) electrons. The quantitative estimate of drug-likeness (QED) is 0.887. The largest absolute Gasteiger partial charge is 0.395 e. The number of hydrogen-bond donors (Lipinski definition) is 1. The summed E-state index contributed by atoms with van der Waals surface area (Å²) >= 11 is 0.